The van der Waals surface area contributed by atoms with Crippen LogP contribution in [-0.4, -0.2) is 11.6 Å². The summed E-state index contributed by atoms with van der Waals surface area (Å²) in [7, 11) is 0. The molecule has 0 radical (unpaired) electrons. The van der Waals surface area contributed by atoms with E-state index >= 15 is 0 Å². The summed E-state index contributed by atoms with van der Waals surface area (Å²) in [6, 6.07) is 14.6. The molecule has 1 aliphatic rings. The van der Waals surface area contributed by atoms with E-state index in [9.17, 15) is 9.59 Å². The number of rotatable bonds is 1. The van der Waals surface area contributed by atoms with Crippen molar-refractivity contribution < 1.29 is 9.59 Å². The molecule has 88 valence electrons. The Kier molecular flexibility index (Phi) is 2.78. The van der Waals surface area contributed by atoms with Gasteiger partial charge in [-0.3, -0.25) is 9.59 Å². The summed E-state index contributed by atoms with van der Waals surface area (Å²) < 4.78 is 1.09. The number of carbonyl (C=O) groups is 2. The number of carbonyl (C=O) groups excluding carboxylic acids is 2. The number of fused-ring (bicyclic) bond motifs is 1. The van der Waals surface area contributed by atoms with Crippen molar-refractivity contribution in [3.63, 3.8) is 0 Å². The Hall–Kier alpha value is -1.49. The van der Waals surface area contributed by atoms with Crippen LogP contribution >= 0.6 is 22.6 Å². The molecule has 0 amide bonds. The smallest absolute Gasteiger partial charge is 0.178 e. The van der Waals surface area contributed by atoms with Gasteiger partial charge in [0.25, 0.3) is 0 Å². The highest BCUT2D eigenvalue weighted by molar-refractivity contribution is 14.1. The average Bonchev–Trinajstić information content (AvgIpc) is 2.64. The zero-order valence-electron chi connectivity index (χ0n) is 9.39. The van der Waals surface area contributed by atoms with Gasteiger partial charge in [-0.15, -0.1) is 0 Å². The normalized spacial score (nSPS) is 14.9. The van der Waals surface area contributed by atoms with Crippen LogP contribution in [0.2, 0.25) is 0 Å². The number of hydrogen-bond donors (Lipinski definition) is 0. The number of hydrogen-bond acceptors (Lipinski definition) is 2. The fourth-order valence-electron chi connectivity index (χ4n) is 2.30. The maximum Gasteiger partial charge on any atom is 0.178 e. The molecule has 0 N–H and O–H groups in total. The zero-order valence-corrected chi connectivity index (χ0v) is 11.5. The first-order valence-corrected chi connectivity index (χ1v) is 6.69. The van der Waals surface area contributed by atoms with Crippen LogP contribution < -0.4 is 0 Å². The standard InChI is InChI=1S/C15H9IO2/c16-10-7-5-9(6-8-10)13-14(17)11-3-1-2-4-12(11)15(13)18/h1-8,13H. The minimum absolute atomic E-state index is 0.0863. The first-order chi connectivity index (χ1) is 8.68. The van der Waals surface area contributed by atoms with Gasteiger partial charge in [0.15, 0.2) is 11.6 Å². The van der Waals surface area contributed by atoms with Crippen molar-refractivity contribution in [1.29, 1.82) is 0 Å². The van der Waals surface area contributed by atoms with Gasteiger partial charge in [-0.2, -0.15) is 0 Å². The van der Waals surface area contributed by atoms with E-state index in [4.69, 9.17) is 0 Å². The molecule has 0 spiro atoms. The molecule has 1 aliphatic carbocycles. The van der Waals surface area contributed by atoms with Crippen LogP contribution in [-0.2, 0) is 0 Å². The van der Waals surface area contributed by atoms with E-state index in [1.807, 2.05) is 24.3 Å². The summed E-state index contributed by atoms with van der Waals surface area (Å²) in [5, 5.41) is 0. The molecule has 0 aromatic heterocycles. The second kappa shape index (κ2) is 4.31. The molecule has 0 heterocycles. The summed E-state index contributed by atoms with van der Waals surface area (Å²) in [6.45, 7) is 0. The van der Waals surface area contributed by atoms with Crippen molar-refractivity contribution in [3.05, 3.63) is 68.8 Å². The van der Waals surface area contributed by atoms with E-state index in [0.29, 0.717) is 11.1 Å². The number of halogens is 1. The predicted octanol–water partition coefficient (Wildman–Crippen LogP) is 3.45. The van der Waals surface area contributed by atoms with Gasteiger partial charge < -0.3 is 0 Å². The number of Topliss-reactive ketones (excluding diaryl/α,β-unsaturated/α-hetero) is 2. The highest BCUT2D eigenvalue weighted by Gasteiger charge is 2.38. The van der Waals surface area contributed by atoms with Gasteiger partial charge >= 0.3 is 0 Å². The topological polar surface area (TPSA) is 34.1 Å². The van der Waals surface area contributed by atoms with E-state index in [1.54, 1.807) is 24.3 Å². The van der Waals surface area contributed by atoms with Crippen LogP contribution in [0.15, 0.2) is 48.5 Å². The maximum atomic E-state index is 12.3. The molecular formula is C15H9IO2. The zero-order chi connectivity index (χ0) is 12.7. The van der Waals surface area contributed by atoms with Crippen LogP contribution in [0, 0.1) is 3.57 Å². The summed E-state index contributed by atoms with van der Waals surface area (Å²) in [5.41, 5.74) is 1.87. The van der Waals surface area contributed by atoms with E-state index in [1.165, 1.54) is 0 Å². The molecule has 2 aromatic rings. The Labute approximate surface area is 118 Å². The van der Waals surface area contributed by atoms with E-state index in [2.05, 4.69) is 22.6 Å². The fraction of sp³-hybridized carbons (Fsp3) is 0.0667. The van der Waals surface area contributed by atoms with Gasteiger partial charge in [0.05, 0.1) is 0 Å². The summed E-state index contributed by atoms with van der Waals surface area (Å²) in [6.07, 6.45) is 0. The lowest BCUT2D eigenvalue weighted by Gasteiger charge is -2.06. The summed E-state index contributed by atoms with van der Waals surface area (Å²) in [5.74, 6) is -0.826. The van der Waals surface area contributed by atoms with Crippen molar-refractivity contribution in [3.8, 4) is 0 Å². The Morgan fingerprint density at radius 2 is 1.28 bits per heavy atom. The number of ketones is 2. The molecule has 0 bridgehead atoms. The lowest BCUT2D eigenvalue weighted by molar-refractivity contribution is 0.0890. The molecular weight excluding hydrogens is 339 g/mol. The molecule has 2 aromatic carbocycles. The van der Waals surface area contributed by atoms with Crippen LogP contribution in [0.25, 0.3) is 0 Å². The Bertz CT molecular complexity index is 609. The molecule has 0 fully saturated rings. The fourth-order valence-corrected chi connectivity index (χ4v) is 2.66. The van der Waals surface area contributed by atoms with Crippen molar-refractivity contribution in [1.82, 2.24) is 0 Å². The molecule has 0 atom stereocenters. The monoisotopic (exact) mass is 348 g/mol. The molecule has 0 saturated carbocycles. The second-order valence-electron chi connectivity index (χ2n) is 4.26. The Morgan fingerprint density at radius 3 is 1.78 bits per heavy atom. The highest BCUT2D eigenvalue weighted by atomic mass is 127. The molecule has 18 heavy (non-hydrogen) atoms. The maximum absolute atomic E-state index is 12.3. The van der Waals surface area contributed by atoms with Crippen molar-refractivity contribution in [2.45, 2.75) is 5.92 Å². The van der Waals surface area contributed by atoms with Crippen LogP contribution in [0.3, 0.4) is 0 Å². The van der Waals surface area contributed by atoms with E-state index in [-0.39, 0.29) is 11.6 Å². The van der Waals surface area contributed by atoms with Crippen molar-refractivity contribution >= 4 is 34.2 Å². The molecule has 0 aliphatic heterocycles. The van der Waals surface area contributed by atoms with Crippen molar-refractivity contribution in [2.75, 3.05) is 0 Å². The third-order valence-corrected chi connectivity index (χ3v) is 3.90. The lowest BCUT2D eigenvalue weighted by Crippen LogP contribution is -2.12. The molecule has 0 saturated heterocycles. The quantitative estimate of drug-likeness (QED) is 0.584. The Morgan fingerprint density at radius 1 is 0.778 bits per heavy atom. The van der Waals surface area contributed by atoms with Crippen molar-refractivity contribution in [2.24, 2.45) is 0 Å². The third-order valence-electron chi connectivity index (χ3n) is 3.19. The lowest BCUT2D eigenvalue weighted by atomic mass is 9.94. The second-order valence-corrected chi connectivity index (χ2v) is 5.50. The van der Waals surface area contributed by atoms with Gasteiger partial charge in [-0.05, 0) is 40.3 Å². The molecule has 0 unspecified atom stereocenters. The summed E-state index contributed by atoms with van der Waals surface area (Å²) >= 11 is 2.20. The third kappa shape index (κ3) is 1.70. The number of benzene rings is 2. The molecule has 2 nitrogen and oxygen atoms in total. The van der Waals surface area contributed by atoms with Crippen LogP contribution in [0.1, 0.15) is 32.2 Å². The van der Waals surface area contributed by atoms with Gasteiger partial charge in [0.2, 0.25) is 0 Å². The highest BCUT2D eigenvalue weighted by Crippen LogP contribution is 2.33. The average molecular weight is 348 g/mol. The predicted molar refractivity (Wildman–Crippen MR) is 77.0 cm³/mol. The summed E-state index contributed by atoms with van der Waals surface area (Å²) in [4.78, 5) is 24.5. The Balaban J connectivity index is 2.09. The molecule has 3 heteroatoms. The van der Waals surface area contributed by atoms with E-state index < -0.39 is 5.92 Å². The first kappa shape index (κ1) is 11.6. The van der Waals surface area contributed by atoms with E-state index in [0.717, 1.165) is 9.13 Å². The largest absolute Gasteiger partial charge is 0.293 e. The van der Waals surface area contributed by atoms with Gasteiger partial charge in [0, 0.05) is 14.7 Å². The van der Waals surface area contributed by atoms with Crippen LogP contribution in [0.5, 0.6) is 0 Å². The SMILES string of the molecule is O=C1c2ccccc2C(=O)C1c1ccc(I)cc1. The molecule has 3 rings (SSSR count). The van der Waals surface area contributed by atoms with Crippen LogP contribution in [0.4, 0.5) is 0 Å². The minimum Gasteiger partial charge on any atom is -0.293 e. The van der Waals surface area contributed by atoms with Gasteiger partial charge in [0.1, 0.15) is 5.92 Å². The van der Waals surface area contributed by atoms with Gasteiger partial charge in [-0.25, -0.2) is 0 Å². The van der Waals surface area contributed by atoms with Gasteiger partial charge in [-0.1, -0.05) is 36.4 Å². The first-order valence-electron chi connectivity index (χ1n) is 5.61. The minimum atomic E-state index is -0.653.